The first-order valence-electron chi connectivity index (χ1n) is 19.6. The van der Waals surface area contributed by atoms with E-state index in [1.165, 1.54) is 77.2 Å². The molecule has 10 aromatic carbocycles. The molecule has 0 aliphatic carbocycles. The average molecular weight is 726 g/mol. The third-order valence-electron chi connectivity index (χ3n) is 11.1. The van der Waals surface area contributed by atoms with E-state index in [2.05, 4.69) is 241 Å². The molecule has 0 saturated heterocycles. The maximum atomic E-state index is 2.40. The molecular formula is C56H39N. The van der Waals surface area contributed by atoms with Crippen LogP contribution in [0.5, 0.6) is 0 Å². The number of anilines is 3. The van der Waals surface area contributed by atoms with Crippen molar-refractivity contribution in [1.82, 2.24) is 0 Å². The molecule has 0 heterocycles. The molecule has 0 saturated carbocycles. The van der Waals surface area contributed by atoms with Gasteiger partial charge in [-0.25, -0.2) is 0 Å². The van der Waals surface area contributed by atoms with Crippen molar-refractivity contribution in [2.45, 2.75) is 0 Å². The van der Waals surface area contributed by atoms with Crippen molar-refractivity contribution in [2.75, 3.05) is 4.90 Å². The first kappa shape index (κ1) is 34.0. The Labute approximate surface area is 334 Å². The molecule has 0 atom stereocenters. The van der Waals surface area contributed by atoms with Crippen LogP contribution in [-0.2, 0) is 0 Å². The molecular weight excluding hydrogens is 687 g/mol. The number of rotatable bonds is 8. The predicted molar refractivity (Wildman–Crippen MR) is 243 cm³/mol. The van der Waals surface area contributed by atoms with Crippen LogP contribution in [0.25, 0.3) is 77.2 Å². The van der Waals surface area contributed by atoms with Crippen molar-refractivity contribution in [2.24, 2.45) is 0 Å². The fourth-order valence-electron chi connectivity index (χ4n) is 8.19. The summed E-state index contributed by atoms with van der Waals surface area (Å²) in [5, 5.41) is 5.11. The van der Waals surface area contributed by atoms with Gasteiger partial charge < -0.3 is 4.90 Å². The monoisotopic (exact) mass is 725 g/mol. The quantitative estimate of drug-likeness (QED) is 0.141. The molecule has 1 nitrogen and oxygen atoms in total. The average Bonchev–Trinajstić information content (AvgIpc) is 3.30. The highest BCUT2D eigenvalue weighted by molar-refractivity contribution is 6.13. The Morgan fingerprint density at radius 3 is 1.19 bits per heavy atom. The summed E-state index contributed by atoms with van der Waals surface area (Å²) in [7, 11) is 0. The molecule has 10 aromatic rings. The maximum Gasteiger partial charge on any atom is 0.0546 e. The van der Waals surface area contributed by atoms with Gasteiger partial charge in [-0.05, 0) is 108 Å². The van der Waals surface area contributed by atoms with Crippen molar-refractivity contribution in [3.8, 4) is 55.6 Å². The van der Waals surface area contributed by atoms with Gasteiger partial charge in [-0.15, -0.1) is 0 Å². The molecule has 0 spiro atoms. The molecule has 0 unspecified atom stereocenters. The Hall–Kier alpha value is -7.48. The van der Waals surface area contributed by atoms with Gasteiger partial charge in [0, 0.05) is 16.9 Å². The van der Waals surface area contributed by atoms with E-state index < -0.39 is 0 Å². The lowest BCUT2D eigenvalue weighted by Gasteiger charge is -2.29. The third kappa shape index (κ3) is 6.66. The lowest BCUT2D eigenvalue weighted by atomic mass is 9.92. The molecule has 268 valence electrons. The highest BCUT2D eigenvalue weighted by Gasteiger charge is 2.19. The van der Waals surface area contributed by atoms with Gasteiger partial charge in [-0.1, -0.05) is 200 Å². The molecule has 0 N–H and O–H groups in total. The molecule has 0 aliphatic rings. The van der Waals surface area contributed by atoms with Gasteiger partial charge in [0.1, 0.15) is 0 Å². The van der Waals surface area contributed by atoms with Crippen LogP contribution in [0.1, 0.15) is 0 Å². The number of fused-ring (bicyclic) bond motifs is 3. The van der Waals surface area contributed by atoms with Crippen molar-refractivity contribution >= 4 is 38.6 Å². The summed E-state index contributed by atoms with van der Waals surface area (Å²) < 4.78 is 0. The molecule has 1 heteroatoms. The smallest absolute Gasteiger partial charge is 0.0546 e. The highest BCUT2D eigenvalue weighted by atomic mass is 15.1. The molecule has 0 fully saturated rings. The van der Waals surface area contributed by atoms with Crippen LogP contribution < -0.4 is 4.90 Å². The summed E-state index contributed by atoms with van der Waals surface area (Å²) in [4.78, 5) is 2.40. The van der Waals surface area contributed by atoms with E-state index in [4.69, 9.17) is 0 Å². The lowest BCUT2D eigenvalue weighted by molar-refractivity contribution is 1.28. The number of benzene rings is 10. The number of hydrogen-bond donors (Lipinski definition) is 0. The second-order valence-corrected chi connectivity index (χ2v) is 14.5. The zero-order valence-electron chi connectivity index (χ0n) is 31.5. The van der Waals surface area contributed by atoms with Crippen LogP contribution in [0, 0.1) is 0 Å². The highest BCUT2D eigenvalue weighted by Crippen LogP contribution is 2.44. The van der Waals surface area contributed by atoms with Crippen molar-refractivity contribution < 1.29 is 0 Å². The summed E-state index contributed by atoms with van der Waals surface area (Å²) >= 11 is 0. The van der Waals surface area contributed by atoms with Crippen molar-refractivity contribution in [3.05, 3.63) is 237 Å². The summed E-state index contributed by atoms with van der Waals surface area (Å²) in [6, 6.07) is 85.6. The lowest BCUT2D eigenvalue weighted by Crippen LogP contribution is -2.11. The van der Waals surface area contributed by atoms with Crippen molar-refractivity contribution in [3.63, 3.8) is 0 Å². The Bertz CT molecular complexity index is 2950. The van der Waals surface area contributed by atoms with Gasteiger partial charge >= 0.3 is 0 Å². The zero-order valence-corrected chi connectivity index (χ0v) is 31.5. The van der Waals surface area contributed by atoms with Crippen LogP contribution in [0.2, 0.25) is 0 Å². The summed E-state index contributed by atoms with van der Waals surface area (Å²) in [6.07, 6.45) is 0. The first-order valence-corrected chi connectivity index (χ1v) is 19.6. The van der Waals surface area contributed by atoms with Gasteiger partial charge in [0.15, 0.2) is 0 Å². The minimum Gasteiger partial charge on any atom is -0.310 e. The van der Waals surface area contributed by atoms with Gasteiger partial charge in [-0.3, -0.25) is 0 Å². The minimum absolute atomic E-state index is 1.09. The molecule has 0 bridgehead atoms. The Morgan fingerprint density at radius 2 is 0.614 bits per heavy atom. The molecule has 0 aliphatic heterocycles. The van der Waals surface area contributed by atoms with Crippen LogP contribution in [0.3, 0.4) is 0 Å². The van der Waals surface area contributed by atoms with Crippen LogP contribution in [-0.4, -0.2) is 0 Å². The van der Waals surface area contributed by atoms with Gasteiger partial charge in [0.05, 0.1) is 5.69 Å². The van der Waals surface area contributed by atoms with Crippen molar-refractivity contribution in [1.29, 1.82) is 0 Å². The van der Waals surface area contributed by atoms with E-state index in [9.17, 15) is 0 Å². The SMILES string of the molecule is c1ccc(-c2ccc(N(c3ccc(-c4ccc(-c5cc6ccccc6c6ccccc56)cc4)cc3)c3cc(-c4ccccc4)ccc3-c3ccccc3)cc2)cc1. The molecule has 10 rings (SSSR count). The standard InChI is InChI=1S/C56H39N/c1-4-14-40(15-5-1)43-28-33-49(34-29-43)57(56-39-47(41-16-6-2-7-17-41)32-37-52(56)45-18-8-3-9-19-45)50-35-30-44(31-36-50)42-24-26-46(27-25-42)55-38-48-20-10-11-21-51(48)53-22-12-13-23-54(53)55/h1-39H. The number of hydrogen-bond acceptors (Lipinski definition) is 1. The van der Waals surface area contributed by atoms with E-state index >= 15 is 0 Å². The van der Waals surface area contributed by atoms with Crippen LogP contribution >= 0.6 is 0 Å². The fourth-order valence-corrected chi connectivity index (χ4v) is 8.19. The van der Waals surface area contributed by atoms with Gasteiger partial charge in [-0.2, -0.15) is 0 Å². The molecule has 0 aromatic heterocycles. The molecule has 57 heavy (non-hydrogen) atoms. The molecule has 0 amide bonds. The van der Waals surface area contributed by atoms with Crippen LogP contribution in [0.4, 0.5) is 17.1 Å². The number of nitrogens with zero attached hydrogens (tertiary/aromatic N) is 1. The normalized spacial score (nSPS) is 11.2. The van der Waals surface area contributed by atoms with E-state index in [1.54, 1.807) is 0 Å². The van der Waals surface area contributed by atoms with E-state index in [1.807, 2.05) is 0 Å². The summed E-state index contributed by atoms with van der Waals surface area (Å²) in [6.45, 7) is 0. The van der Waals surface area contributed by atoms with E-state index in [0.29, 0.717) is 0 Å². The van der Waals surface area contributed by atoms with E-state index in [0.717, 1.165) is 17.1 Å². The van der Waals surface area contributed by atoms with Crippen LogP contribution in [0.15, 0.2) is 237 Å². The minimum atomic E-state index is 1.09. The second-order valence-electron chi connectivity index (χ2n) is 14.5. The zero-order chi connectivity index (χ0) is 38.0. The summed E-state index contributed by atoms with van der Waals surface area (Å²) in [5.74, 6) is 0. The Balaban J connectivity index is 1.06. The first-order chi connectivity index (χ1) is 28.3. The van der Waals surface area contributed by atoms with Gasteiger partial charge in [0.2, 0.25) is 0 Å². The molecule has 0 radical (unpaired) electrons. The largest absolute Gasteiger partial charge is 0.310 e. The fraction of sp³-hybridized carbons (Fsp3) is 0. The maximum absolute atomic E-state index is 2.40. The third-order valence-corrected chi connectivity index (χ3v) is 11.1. The topological polar surface area (TPSA) is 3.24 Å². The van der Waals surface area contributed by atoms with E-state index in [-0.39, 0.29) is 0 Å². The Morgan fingerprint density at radius 1 is 0.228 bits per heavy atom. The van der Waals surface area contributed by atoms with Gasteiger partial charge in [0.25, 0.3) is 0 Å². The summed E-state index contributed by atoms with van der Waals surface area (Å²) in [5.41, 5.74) is 15.2. The predicted octanol–water partition coefficient (Wildman–Crippen LogP) is 15.8. The Kier molecular flexibility index (Phi) is 8.95. The second kappa shape index (κ2) is 15.0.